The fourth-order valence-corrected chi connectivity index (χ4v) is 1.55. The number of aromatic amines is 1. The van der Waals surface area contributed by atoms with Crippen molar-refractivity contribution < 1.29 is 15.0 Å². The van der Waals surface area contributed by atoms with E-state index < -0.39 is 12.2 Å². The normalized spacial score (nSPS) is 25.9. The summed E-state index contributed by atoms with van der Waals surface area (Å²) in [5.41, 5.74) is 5.62. The molecule has 1 fully saturated rings. The van der Waals surface area contributed by atoms with E-state index in [1.807, 2.05) is 0 Å². The number of amides is 1. The van der Waals surface area contributed by atoms with Gasteiger partial charge in [-0.25, -0.2) is 0 Å². The maximum atomic E-state index is 11.7. The Hall–Kier alpha value is -1.60. The lowest BCUT2D eigenvalue weighted by atomic mass is 10.3. The van der Waals surface area contributed by atoms with Gasteiger partial charge in [0.15, 0.2) is 0 Å². The molecule has 2 unspecified atom stereocenters. The van der Waals surface area contributed by atoms with Crippen molar-refractivity contribution >= 4 is 11.7 Å². The number of nitrogen functional groups attached to an aromatic ring is 1. The van der Waals surface area contributed by atoms with Crippen LogP contribution in [0, 0.1) is 0 Å². The van der Waals surface area contributed by atoms with Crippen LogP contribution in [-0.2, 0) is 0 Å². The average molecular weight is 212 g/mol. The monoisotopic (exact) mass is 212 g/mol. The maximum absolute atomic E-state index is 11.7. The molecule has 1 saturated heterocycles. The number of nitrogens with two attached hydrogens (primary N) is 1. The Labute approximate surface area is 85.5 Å². The summed E-state index contributed by atoms with van der Waals surface area (Å²) in [5, 5.41) is 24.7. The highest BCUT2D eigenvalue weighted by Crippen LogP contribution is 2.13. The fourth-order valence-electron chi connectivity index (χ4n) is 1.55. The summed E-state index contributed by atoms with van der Waals surface area (Å²) in [6, 6.07) is 1.42. The van der Waals surface area contributed by atoms with Crippen LogP contribution < -0.4 is 5.73 Å². The summed E-state index contributed by atoms with van der Waals surface area (Å²) < 4.78 is 0. The number of likely N-dealkylation sites (tertiary alicyclic amines) is 1. The minimum absolute atomic E-state index is 0.124. The molecule has 1 amide bonds. The van der Waals surface area contributed by atoms with Crippen molar-refractivity contribution in [2.24, 2.45) is 0 Å². The zero-order chi connectivity index (χ0) is 11.0. The Morgan fingerprint density at radius 3 is 2.60 bits per heavy atom. The summed E-state index contributed by atoms with van der Waals surface area (Å²) in [4.78, 5) is 13.1. The first-order chi connectivity index (χ1) is 7.08. The largest absolute Gasteiger partial charge is 0.388 e. The highest BCUT2D eigenvalue weighted by atomic mass is 16.3. The Balaban J connectivity index is 2.10. The van der Waals surface area contributed by atoms with Gasteiger partial charge in [0.25, 0.3) is 5.91 Å². The van der Waals surface area contributed by atoms with E-state index in [0.717, 1.165) is 0 Å². The molecule has 7 heteroatoms. The molecule has 1 aromatic heterocycles. The van der Waals surface area contributed by atoms with Gasteiger partial charge in [0.05, 0.1) is 12.2 Å². The zero-order valence-corrected chi connectivity index (χ0v) is 7.92. The molecule has 2 atom stereocenters. The molecule has 0 aliphatic carbocycles. The van der Waals surface area contributed by atoms with Crippen molar-refractivity contribution in [3.05, 3.63) is 11.8 Å². The number of aromatic nitrogens is 2. The fraction of sp³-hybridized carbons (Fsp3) is 0.500. The van der Waals surface area contributed by atoms with Gasteiger partial charge < -0.3 is 20.8 Å². The highest BCUT2D eigenvalue weighted by Gasteiger charge is 2.33. The highest BCUT2D eigenvalue weighted by molar-refractivity contribution is 5.93. The number of H-pyrrole nitrogens is 1. The number of β-amino-alcohol motifs (C(OH)–C–C–N with tert-alkyl or cyclic N) is 2. The Kier molecular flexibility index (Phi) is 2.33. The molecule has 0 spiro atoms. The number of nitrogens with one attached hydrogen (secondary N) is 1. The van der Waals surface area contributed by atoms with Crippen LogP contribution in [0.5, 0.6) is 0 Å². The standard InChI is InChI=1S/C8H12N4O3/c9-7-1-4(10-11-7)8(15)12-2-5(13)6(14)3-12/h1,5-6,13-14H,2-3H2,(H3,9,10,11). The first kappa shape index (κ1) is 9.94. The van der Waals surface area contributed by atoms with Gasteiger partial charge in [-0.2, -0.15) is 5.10 Å². The van der Waals surface area contributed by atoms with Crippen LogP contribution in [0.4, 0.5) is 5.82 Å². The van der Waals surface area contributed by atoms with Crippen molar-refractivity contribution in [1.29, 1.82) is 0 Å². The second-order valence-corrected chi connectivity index (χ2v) is 3.55. The molecule has 0 bridgehead atoms. The number of aliphatic hydroxyl groups is 2. The number of aliphatic hydroxyl groups excluding tert-OH is 2. The molecule has 1 aliphatic heterocycles. The van der Waals surface area contributed by atoms with E-state index in [4.69, 9.17) is 5.73 Å². The van der Waals surface area contributed by atoms with E-state index in [9.17, 15) is 15.0 Å². The third kappa shape index (κ3) is 1.79. The molecule has 7 nitrogen and oxygen atoms in total. The lowest BCUT2D eigenvalue weighted by Gasteiger charge is -2.13. The smallest absolute Gasteiger partial charge is 0.272 e. The van der Waals surface area contributed by atoms with Crippen molar-refractivity contribution in [3.8, 4) is 0 Å². The lowest BCUT2D eigenvalue weighted by Crippen LogP contribution is -2.30. The number of nitrogens with zero attached hydrogens (tertiary/aromatic N) is 2. The lowest BCUT2D eigenvalue weighted by molar-refractivity contribution is 0.0572. The molecule has 15 heavy (non-hydrogen) atoms. The van der Waals surface area contributed by atoms with Gasteiger partial charge in [-0.3, -0.25) is 9.89 Å². The molecule has 1 aliphatic rings. The molecule has 5 N–H and O–H groups in total. The van der Waals surface area contributed by atoms with Gasteiger partial charge in [-0.15, -0.1) is 0 Å². The van der Waals surface area contributed by atoms with E-state index in [1.54, 1.807) is 0 Å². The molecular formula is C8H12N4O3. The van der Waals surface area contributed by atoms with Crippen molar-refractivity contribution in [1.82, 2.24) is 15.1 Å². The molecule has 0 saturated carbocycles. The predicted molar refractivity (Wildman–Crippen MR) is 50.9 cm³/mol. The van der Waals surface area contributed by atoms with Crippen molar-refractivity contribution in [2.75, 3.05) is 18.8 Å². The predicted octanol–water partition coefficient (Wildman–Crippen LogP) is -1.83. The number of hydrogen-bond acceptors (Lipinski definition) is 5. The first-order valence-corrected chi connectivity index (χ1v) is 4.54. The maximum Gasteiger partial charge on any atom is 0.272 e. The topological polar surface area (TPSA) is 115 Å². The SMILES string of the molecule is Nc1cc(C(=O)N2CC(O)C(O)C2)[nH]n1. The summed E-state index contributed by atoms with van der Waals surface area (Å²) in [6.07, 6.45) is -1.76. The Morgan fingerprint density at radius 1 is 1.53 bits per heavy atom. The second kappa shape index (κ2) is 3.52. The van der Waals surface area contributed by atoms with Gasteiger partial charge in [-0.1, -0.05) is 0 Å². The summed E-state index contributed by atoms with van der Waals surface area (Å²) in [7, 11) is 0. The van der Waals surface area contributed by atoms with Gasteiger partial charge >= 0.3 is 0 Å². The van der Waals surface area contributed by atoms with Crippen LogP contribution in [0.3, 0.4) is 0 Å². The van der Waals surface area contributed by atoms with Gasteiger partial charge in [0, 0.05) is 19.2 Å². The third-order valence-electron chi connectivity index (χ3n) is 2.37. The minimum atomic E-state index is -0.880. The minimum Gasteiger partial charge on any atom is -0.388 e. The summed E-state index contributed by atoms with van der Waals surface area (Å²) in [5.74, 6) is -0.0894. The van der Waals surface area contributed by atoms with Crippen LogP contribution in [0.1, 0.15) is 10.5 Å². The van der Waals surface area contributed by atoms with Gasteiger partial charge in [-0.05, 0) is 0 Å². The molecule has 2 heterocycles. The molecule has 82 valence electrons. The van der Waals surface area contributed by atoms with Crippen LogP contribution in [0.2, 0.25) is 0 Å². The Bertz CT molecular complexity index is 368. The van der Waals surface area contributed by atoms with Crippen molar-refractivity contribution in [3.63, 3.8) is 0 Å². The van der Waals surface area contributed by atoms with Crippen molar-refractivity contribution in [2.45, 2.75) is 12.2 Å². The summed E-state index contributed by atoms with van der Waals surface area (Å²) in [6.45, 7) is 0.248. The number of anilines is 1. The average Bonchev–Trinajstić information content (AvgIpc) is 2.74. The number of hydrogen-bond donors (Lipinski definition) is 4. The van der Waals surface area contributed by atoms with E-state index in [-0.39, 0.29) is 30.5 Å². The molecule has 0 radical (unpaired) electrons. The number of carbonyl (C=O) groups excluding carboxylic acids is 1. The summed E-state index contributed by atoms with van der Waals surface area (Å²) >= 11 is 0. The number of rotatable bonds is 1. The molecule has 2 rings (SSSR count). The van der Waals surface area contributed by atoms with Gasteiger partial charge in [0.1, 0.15) is 11.5 Å². The van der Waals surface area contributed by atoms with E-state index in [2.05, 4.69) is 10.2 Å². The zero-order valence-electron chi connectivity index (χ0n) is 7.92. The van der Waals surface area contributed by atoms with Crippen LogP contribution >= 0.6 is 0 Å². The van der Waals surface area contributed by atoms with Gasteiger partial charge in [0.2, 0.25) is 0 Å². The quantitative estimate of drug-likeness (QED) is 0.437. The van der Waals surface area contributed by atoms with Crippen LogP contribution in [0.25, 0.3) is 0 Å². The van der Waals surface area contributed by atoms with E-state index in [1.165, 1.54) is 11.0 Å². The molecule has 0 aromatic carbocycles. The van der Waals surface area contributed by atoms with Crippen LogP contribution in [0.15, 0.2) is 6.07 Å². The Morgan fingerprint density at radius 2 is 2.13 bits per heavy atom. The van der Waals surface area contributed by atoms with Crippen LogP contribution in [-0.4, -0.2) is 56.5 Å². The number of carbonyl (C=O) groups is 1. The van der Waals surface area contributed by atoms with E-state index in [0.29, 0.717) is 0 Å². The second-order valence-electron chi connectivity index (χ2n) is 3.55. The molecular weight excluding hydrogens is 200 g/mol. The van der Waals surface area contributed by atoms with E-state index >= 15 is 0 Å². The molecule has 1 aromatic rings. The first-order valence-electron chi connectivity index (χ1n) is 4.54. The third-order valence-corrected chi connectivity index (χ3v) is 2.37.